The molecule has 0 aromatic heterocycles. The van der Waals surface area contributed by atoms with Crippen LogP contribution in [0.4, 0.5) is 0 Å². The van der Waals surface area contributed by atoms with E-state index in [4.69, 9.17) is 4.74 Å². The Balaban J connectivity index is 2.62. The first-order valence-electron chi connectivity index (χ1n) is 4.93. The summed E-state index contributed by atoms with van der Waals surface area (Å²) in [7, 11) is 0. The van der Waals surface area contributed by atoms with Crippen molar-refractivity contribution < 1.29 is 4.74 Å². The molecule has 0 saturated carbocycles. The summed E-state index contributed by atoms with van der Waals surface area (Å²) < 4.78 is 5.56. The zero-order chi connectivity index (χ0) is 9.97. The number of aryl methyl sites for hydroxylation is 1. The van der Waals surface area contributed by atoms with E-state index in [2.05, 4.69) is 31.2 Å². The van der Waals surface area contributed by atoms with E-state index in [9.17, 15) is 0 Å². The van der Waals surface area contributed by atoms with Gasteiger partial charge in [0.25, 0.3) is 0 Å². The summed E-state index contributed by atoms with van der Waals surface area (Å²) in [6, 6.07) is 12.6. The van der Waals surface area contributed by atoms with Crippen molar-refractivity contribution in [2.75, 3.05) is 6.61 Å². The van der Waals surface area contributed by atoms with Crippen LogP contribution in [0.3, 0.4) is 0 Å². The van der Waals surface area contributed by atoms with Gasteiger partial charge in [0.15, 0.2) is 0 Å². The molecule has 0 spiro atoms. The molecule has 1 nitrogen and oxygen atoms in total. The van der Waals surface area contributed by atoms with E-state index in [1.54, 1.807) is 0 Å². The summed E-state index contributed by atoms with van der Waals surface area (Å²) in [5.74, 6) is 0.977. The Morgan fingerprint density at radius 1 is 1.14 bits per heavy atom. The van der Waals surface area contributed by atoms with E-state index in [1.165, 1.54) is 16.3 Å². The third-order valence-corrected chi connectivity index (χ3v) is 2.30. The Bertz CT molecular complexity index is 446. The molecule has 0 aliphatic heterocycles. The van der Waals surface area contributed by atoms with Crippen molar-refractivity contribution in [3.8, 4) is 5.75 Å². The number of hydrogen-bond donors (Lipinski definition) is 0. The smallest absolute Gasteiger partial charge is 0.127 e. The Morgan fingerprint density at radius 2 is 2.00 bits per heavy atom. The monoisotopic (exact) mass is 186 g/mol. The molecular weight excluding hydrogens is 172 g/mol. The Kier molecular flexibility index (Phi) is 2.40. The Labute approximate surface area is 84.3 Å². The molecule has 2 rings (SSSR count). The number of fused-ring (bicyclic) bond motifs is 1. The highest BCUT2D eigenvalue weighted by atomic mass is 16.5. The number of benzene rings is 2. The van der Waals surface area contributed by atoms with E-state index >= 15 is 0 Å². The highest BCUT2D eigenvalue weighted by Gasteiger charge is 2.00. The molecule has 0 saturated heterocycles. The first kappa shape index (κ1) is 9.07. The molecule has 0 N–H and O–H groups in total. The second-order valence-corrected chi connectivity index (χ2v) is 3.41. The largest absolute Gasteiger partial charge is 0.493 e. The Hall–Kier alpha value is -1.50. The lowest BCUT2D eigenvalue weighted by Gasteiger charge is -2.07. The normalized spacial score (nSPS) is 10.4. The molecule has 72 valence electrons. The molecule has 1 heteroatoms. The minimum Gasteiger partial charge on any atom is -0.493 e. The van der Waals surface area contributed by atoms with Gasteiger partial charge in [-0.05, 0) is 25.3 Å². The number of ether oxygens (including phenoxy) is 1. The molecule has 14 heavy (non-hydrogen) atoms. The molecule has 0 unspecified atom stereocenters. The third kappa shape index (κ3) is 1.58. The van der Waals surface area contributed by atoms with Crippen molar-refractivity contribution in [3.63, 3.8) is 0 Å². The van der Waals surface area contributed by atoms with Crippen LogP contribution in [0, 0.1) is 6.92 Å². The minimum atomic E-state index is 0.715. The third-order valence-electron chi connectivity index (χ3n) is 2.30. The van der Waals surface area contributed by atoms with Crippen molar-refractivity contribution in [1.82, 2.24) is 0 Å². The highest BCUT2D eigenvalue weighted by Crippen LogP contribution is 2.26. The zero-order valence-electron chi connectivity index (χ0n) is 8.58. The first-order chi connectivity index (χ1) is 6.81. The van der Waals surface area contributed by atoms with Crippen LogP contribution in [0.1, 0.15) is 12.5 Å². The summed E-state index contributed by atoms with van der Waals surface area (Å²) >= 11 is 0. The second-order valence-electron chi connectivity index (χ2n) is 3.41. The van der Waals surface area contributed by atoms with Crippen molar-refractivity contribution in [2.45, 2.75) is 13.8 Å². The summed E-state index contributed by atoms with van der Waals surface area (Å²) in [6.07, 6.45) is 0. The summed E-state index contributed by atoms with van der Waals surface area (Å²) in [5, 5.41) is 2.44. The van der Waals surface area contributed by atoms with Gasteiger partial charge in [0.05, 0.1) is 6.61 Å². The van der Waals surface area contributed by atoms with Crippen molar-refractivity contribution in [1.29, 1.82) is 0 Å². The fourth-order valence-electron chi connectivity index (χ4n) is 1.65. The highest BCUT2D eigenvalue weighted by molar-refractivity contribution is 5.88. The van der Waals surface area contributed by atoms with Gasteiger partial charge in [-0.3, -0.25) is 0 Å². The van der Waals surface area contributed by atoms with Gasteiger partial charge in [0.2, 0.25) is 0 Å². The molecule has 2 aromatic rings. The molecule has 0 aliphatic rings. The van der Waals surface area contributed by atoms with Crippen LogP contribution in [0.2, 0.25) is 0 Å². The fourth-order valence-corrected chi connectivity index (χ4v) is 1.65. The molecule has 0 fully saturated rings. The minimum absolute atomic E-state index is 0.715. The van der Waals surface area contributed by atoms with Crippen LogP contribution in [0.5, 0.6) is 5.75 Å². The van der Waals surface area contributed by atoms with Crippen LogP contribution in [0.15, 0.2) is 36.4 Å². The van der Waals surface area contributed by atoms with E-state index in [1.807, 2.05) is 19.1 Å². The molecule has 0 heterocycles. The predicted molar refractivity (Wildman–Crippen MR) is 59.9 cm³/mol. The Morgan fingerprint density at radius 3 is 2.79 bits per heavy atom. The van der Waals surface area contributed by atoms with Gasteiger partial charge in [0, 0.05) is 5.39 Å². The lowest BCUT2D eigenvalue weighted by atomic mass is 10.1. The van der Waals surface area contributed by atoms with E-state index < -0.39 is 0 Å². The maximum Gasteiger partial charge on any atom is 0.127 e. The van der Waals surface area contributed by atoms with Gasteiger partial charge in [0.1, 0.15) is 5.75 Å². The average Bonchev–Trinajstić information content (AvgIpc) is 2.18. The summed E-state index contributed by atoms with van der Waals surface area (Å²) in [6.45, 7) is 4.83. The van der Waals surface area contributed by atoms with Crippen LogP contribution >= 0.6 is 0 Å². The fraction of sp³-hybridized carbons (Fsp3) is 0.231. The first-order valence-corrected chi connectivity index (χ1v) is 4.93. The van der Waals surface area contributed by atoms with Crippen LogP contribution in [0.25, 0.3) is 10.8 Å². The number of rotatable bonds is 2. The lowest BCUT2D eigenvalue weighted by molar-refractivity contribution is 0.344. The van der Waals surface area contributed by atoms with E-state index in [0.29, 0.717) is 6.61 Å². The second kappa shape index (κ2) is 3.70. The van der Waals surface area contributed by atoms with Crippen LogP contribution < -0.4 is 4.74 Å². The molecule has 0 atom stereocenters. The average molecular weight is 186 g/mol. The zero-order valence-corrected chi connectivity index (χ0v) is 8.58. The molecule has 2 aromatic carbocycles. The molecular formula is C13H14O. The van der Waals surface area contributed by atoms with E-state index in [0.717, 1.165) is 5.75 Å². The van der Waals surface area contributed by atoms with Crippen LogP contribution in [-0.2, 0) is 0 Å². The van der Waals surface area contributed by atoms with Gasteiger partial charge in [-0.2, -0.15) is 0 Å². The number of hydrogen-bond acceptors (Lipinski definition) is 1. The van der Waals surface area contributed by atoms with Gasteiger partial charge in [-0.15, -0.1) is 0 Å². The molecule has 0 amide bonds. The van der Waals surface area contributed by atoms with Gasteiger partial charge >= 0.3 is 0 Å². The quantitative estimate of drug-likeness (QED) is 0.697. The molecule has 0 bridgehead atoms. The topological polar surface area (TPSA) is 9.23 Å². The van der Waals surface area contributed by atoms with Crippen molar-refractivity contribution in [3.05, 3.63) is 42.0 Å². The molecule has 0 aliphatic carbocycles. The standard InChI is InChI=1S/C13H14O/c1-3-14-13-6-4-5-11-9-10(2)7-8-12(11)13/h4-9H,3H2,1-2H3. The van der Waals surface area contributed by atoms with Crippen molar-refractivity contribution >= 4 is 10.8 Å². The van der Waals surface area contributed by atoms with Crippen LogP contribution in [-0.4, -0.2) is 6.61 Å². The lowest BCUT2D eigenvalue weighted by Crippen LogP contribution is -1.91. The van der Waals surface area contributed by atoms with Gasteiger partial charge in [-0.25, -0.2) is 0 Å². The van der Waals surface area contributed by atoms with Gasteiger partial charge in [-0.1, -0.05) is 35.9 Å². The summed E-state index contributed by atoms with van der Waals surface area (Å²) in [4.78, 5) is 0. The SMILES string of the molecule is CCOc1cccc2cc(C)ccc12. The predicted octanol–water partition coefficient (Wildman–Crippen LogP) is 3.55. The summed E-state index contributed by atoms with van der Waals surface area (Å²) in [5.41, 5.74) is 1.28. The molecule has 0 radical (unpaired) electrons. The maximum absolute atomic E-state index is 5.56. The van der Waals surface area contributed by atoms with E-state index in [-0.39, 0.29) is 0 Å². The van der Waals surface area contributed by atoms with Crippen molar-refractivity contribution in [2.24, 2.45) is 0 Å². The maximum atomic E-state index is 5.56. The van der Waals surface area contributed by atoms with Gasteiger partial charge < -0.3 is 4.74 Å².